The summed E-state index contributed by atoms with van der Waals surface area (Å²) in [6.45, 7) is 10.4. The summed E-state index contributed by atoms with van der Waals surface area (Å²) in [6, 6.07) is 7.83. The second-order valence-corrected chi connectivity index (χ2v) is 8.57. The lowest BCUT2D eigenvalue weighted by Gasteiger charge is -2.34. The van der Waals surface area contributed by atoms with Crippen LogP contribution in [0.5, 0.6) is 0 Å². The second kappa shape index (κ2) is 8.08. The minimum atomic E-state index is 0.111. The third-order valence-electron chi connectivity index (χ3n) is 5.70. The second-order valence-electron chi connectivity index (χ2n) is 7.71. The monoisotopic (exact) mass is 409 g/mol. The maximum absolute atomic E-state index is 12.9. The minimum absolute atomic E-state index is 0.111. The number of carbonyl (C=O) groups excluding carboxylic acids is 1. The molecule has 0 bridgehead atoms. The van der Waals surface area contributed by atoms with Gasteiger partial charge in [-0.2, -0.15) is 5.10 Å². The molecule has 1 aliphatic heterocycles. The fourth-order valence-electron chi connectivity index (χ4n) is 3.80. The lowest BCUT2D eigenvalue weighted by Crippen LogP contribution is -2.48. The maximum Gasteiger partial charge on any atom is 0.253 e. The van der Waals surface area contributed by atoms with E-state index in [1.807, 2.05) is 53.2 Å². The lowest BCUT2D eigenvalue weighted by molar-refractivity contribution is 0.0628. The van der Waals surface area contributed by atoms with Crippen LogP contribution < -0.4 is 0 Å². The Morgan fingerprint density at radius 1 is 1.07 bits per heavy atom. The number of benzene rings is 1. The number of hydrogen-bond donors (Lipinski definition) is 0. The molecule has 0 unspecified atom stereocenters. The van der Waals surface area contributed by atoms with Gasteiger partial charge in [-0.25, -0.2) is 4.98 Å². The third kappa shape index (κ3) is 4.11. The average Bonchev–Trinajstić information content (AvgIpc) is 3.26. The number of aryl methyl sites for hydroxylation is 3. The molecule has 4 rings (SSSR count). The number of aromatic nitrogens is 3. The molecule has 0 N–H and O–H groups in total. The van der Waals surface area contributed by atoms with E-state index in [0.29, 0.717) is 0 Å². The van der Waals surface area contributed by atoms with E-state index in [-0.39, 0.29) is 5.91 Å². The van der Waals surface area contributed by atoms with E-state index in [0.717, 1.165) is 60.2 Å². The van der Waals surface area contributed by atoms with Crippen molar-refractivity contribution in [2.75, 3.05) is 26.2 Å². The molecule has 29 heavy (non-hydrogen) atoms. The first-order valence-corrected chi connectivity index (χ1v) is 10.8. The molecule has 1 aliphatic rings. The Bertz CT molecular complexity index is 1010. The topological polar surface area (TPSA) is 54.3 Å². The average molecular weight is 410 g/mol. The van der Waals surface area contributed by atoms with E-state index in [4.69, 9.17) is 0 Å². The van der Waals surface area contributed by atoms with Crippen LogP contribution in [-0.4, -0.2) is 56.7 Å². The fourth-order valence-corrected chi connectivity index (χ4v) is 4.61. The van der Waals surface area contributed by atoms with Gasteiger partial charge in [-0.1, -0.05) is 12.1 Å². The van der Waals surface area contributed by atoms with Gasteiger partial charge in [0.25, 0.3) is 5.91 Å². The van der Waals surface area contributed by atoms with Crippen LogP contribution in [0.25, 0.3) is 10.6 Å². The number of rotatable bonds is 4. The highest BCUT2D eigenvalue weighted by molar-refractivity contribution is 7.13. The summed E-state index contributed by atoms with van der Waals surface area (Å²) in [7, 11) is 1.99. The molecule has 1 saturated heterocycles. The Kier molecular flexibility index (Phi) is 5.52. The van der Waals surface area contributed by atoms with Crippen LogP contribution in [0.3, 0.4) is 0 Å². The molecular weight excluding hydrogens is 382 g/mol. The zero-order valence-electron chi connectivity index (χ0n) is 17.5. The van der Waals surface area contributed by atoms with Crippen molar-refractivity contribution in [1.29, 1.82) is 0 Å². The van der Waals surface area contributed by atoms with Crippen molar-refractivity contribution in [3.63, 3.8) is 0 Å². The van der Waals surface area contributed by atoms with Crippen LogP contribution in [0, 0.1) is 20.8 Å². The lowest BCUT2D eigenvalue weighted by atomic mass is 10.1. The Balaban J connectivity index is 1.36. The molecule has 0 spiro atoms. The predicted octanol–water partition coefficient (Wildman–Crippen LogP) is 3.43. The Morgan fingerprint density at radius 2 is 1.76 bits per heavy atom. The van der Waals surface area contributed by atoms with E-state index in [1.54, 1.807) is 11.3 Å². The number of piperazine rings is 1. The van der Waals surface area contributed by atoms with Crippen LogP contribution in [0.2, 0.25) is 0 Å². The van der Waals surface area contributed by atoms with Gasteiger partial charge in [0.05, 0.1) is 5.69 Å². The first kappa shape index (κ1) is 19.8. The quantitative estimate of drug-likeness (QED) is 0.663. The zero-order chi connectivity index (χ0) is 20.5. The van der Waals surface area contributed by atoms with Crippen molar-refractivity contribution in [2.24, 2.45) is 7.05 Å². The molecule has 6 nitrogen and oxygen atoms in total. The Morgan fingerprint density at radius 3 is 2.31 bits per heavy atom. The number of amides is 1. The highest BCUT2D eigenvalue weighted by Crippen LogP contribution is 2.24. The van der Waals surface area contributed by atoms with Gasteiger partial charge < -0.3 is 4.90 Å². The van der Waals surface area contributed by atoms with Crippen molar-refractivity contribution in [1.82, 2.24) is 24.6 Å². The summed E-state index contributed by atoms with van der Waals surface area (Å²) in [5.74, 6) is 0.111. The molecule has 1 fully saturated rings. The van der Waals surface area contributed by atoms with Gasteiger partial charge in [0, 0.05) is 73.2 Å². The van der Waals surface area contributed by atoms with Gasteiger partial charge in [0.1, 0.15) is 5.01 Å². The van der Waals surface area contributed by atoms with Gasteiger partial charge in [0.2, 0.25) is 0 Å². The smallest absolute Gasteiger partial charge is 0.253 e. The van der Waals surface area contributed by atoms with Crippen molar-refractivity contribution in [2.45, 2.75) is 27.3 Å². The van der Waals surface area contributed by atoms with E-state index < -0.39 is 0 Å². The van der Waals surface area contributed by atoms with E-state index >= 15 is 0 Å². The summed E-state index contributed by atoms with van der Waals surface area (Å²) >= 11 is 1.63. The number of nitrogens with zero attached hydrogens (tertiary/aromatic N) is 5. The van der Waals surface area contributed by atoms with Crippen LogP contribution in [0.15, 0.2) is 29.6 Å². The van der Waals surface area contributed by atoms with E-state index in [1.165, 1.54) is 11.3 Å². The number of hydrogen-bond acceptors (Lipinski definition) is 5. The molecule has 7 heteroatoms. The highest BCUT2D eigenvalue weighted by Gasteiger charge is 2.23. The summed E-state index contributed by atoms with van der Waals surface area (Å²) in [5, 5.41) is 7.55. The molecular formula is C22H27N5OS. The summed E-state index contributed by atoms with van der Waals surface area (Å²) < 4.78 is 1.95. The van der Waals surface area contributed by atoms with Crippen LogP contribution in [-0.2, 0) is 13.6 Å². The maximum atomic E-state index is 12.9. The first-order valence-electron chi connectivity index (χ1n) is 9.95. The van der Waals surface area contributed by atoms with Gasteiger partial charge in [-0.3, -0.25) is 14.4 Å². The molecule has 3 aromatic rings. The van der Waals surface area contributed by atoms with Crippen molar-refractivity contribution in [3.05, 3.63) is 57.9 Å². The molecule has 1 aromatic carbocycles. The van der Waals surface area contributed by atoms with Gasteiger partial charge >= 0.3 is 0 Å². The van der Waals surface area contributed by atoms with Crippen molar-refractivity contribution in [3.8, 4) is 10.6 Å². The van der Waals surface area contributed by atoms with Crippen LogP contribution in [0.4, 0.5) is 0 Å². The van der Waals surface area contributed by atoms with Gasteiger partial charge in [-0.05, 0) is 32.9 Å². The van der Waals surface area contributed by atoms with E-state index in [2.05, 4.69) is 28.8 Å². The van der Waals surface area contributed by atoms with E-state index in [9.17, 15) is 4.79 Å². The summed E-state index contributed by atoms with van der Waals surface area (Å²) in [5.41, 5.74) is 6.46. The third-order valence-corrected chi connectivity index (χ3v) is 6.71. The molecule has 0 atom stereocenters. The summed E-state index contributed by atoms with van der Waals surface area (Å²) in [4.78, 5) is 21.8. The molecule has 3 heterocycles. The minimum Gasteiger partial charge on any atom is -0.336 e. The number of thiazole rings is 1. The Hall–Kier alpha value is -2.51. The molecule has 1 amide bonds. The van der Waals surface area contributed by atoms with Crippen molar-refractivity contribution < 1.29 is 4.79 Å². The SMILES string of the molecule is Cc1csc(-c2ccc(C(=O)N3CCN(Cc4c(C)nn(C)c4C)CC3)cc2)n1. The Labute approximate surface area is 175 Å². The standard InChI is InChI=1S/C22H27N5OS/c1-15-14-29-21(23-15)18-5-7-19(8-6-18)22(28)27-11-9-26(10-12-27)13-20-16(2)24-25(4)17(20)3/h5-8,14H,9-13H2,1-4H3. The number of carbonyl (C=O) groups is 1. The van der Waals surface area contributed by atoms with Crippen molar-refractivity contribution >= 4 is 17.2 Å². The summed E-state index contributed by atoms with van der Waals surface area (Å²) in [6.07, 6.45) is 0. The predicted molar refractivity (Wildman–Crippen MR) is 116 cm³/mol. The zero-order valence-corrected chi connectivity index (χ0v) is 18.3. The molecule has 152 valence electrons. The molecule has 0 radical (unpaired) electrons. The van der Waals surface area contributed by atoms with Gasteiger partial charge in [0.15, 0.2) is 0 Å². The van der Waals surface area contributed by atoms with Gasteiger partial charge in [-0.15, -0.1) is 11.3 Å². The largest absolute Gasteiger partial charge is 0.336 e. The van der Waals surface area contributed by atoms with Crippen LogP contribution in [0.1, 0.15) is 33.0 Å². The molecule has 2 aromatic heterocycles. The highest BCUT2D eigenvalue weighted by atomic mass is 32.1. The first-order chi connectivity index (χ1) is 13.9. The van der Waals surface area contributed by atoms with Crippen LogP contribution >= 0.6 is 11.3 Å². The normalized spacial score (nSPS) is 15.1. The molecule has 0 saturated carbocycles. The molecule has 0 aliphatic carbocycles. The fraction of sp³-hybridized carbons (Fsp3) is 0.409.